The molecule has 0 aromatic rings. The fraction of sp³-hybridized carbons (Fsp3) is 0.889. The highest BCUT2D eigenvalue weighted by Gasteiger charge is 2.06. The number of rotatable bonds is 16. The predicted octanol–water partition coefficient (Wildman–Crippen LogP) is 1.83. The summed E-state index contributed by atoms with van der Waals surface area (Å²) in [5.41, 5.74) is 0. The molecule has 150 valence electrons. The lowest BCUT2D eigenvalue weighted by molar-refractivity contribution is -0.127. The fourth-order valence-electron chi connectivity index (χ4n) is 1.39. The molecule has 0 bridgehead atoms. The average Bonchev–Trinajstić information content (AvgIpc) is 2.62. The van der Waals surface area contributed by atoms with Crippen LogP contribution in [-0.4, -0.2) is 71.1 Å². The van der Waals surface area contributed by atoms with Crippen LogP contribution in [-0.2, 0) is 28.5 Å². The summed E-state index contributed by atoms with van der Waals surface area (Å²) in [7, 11) is 0. The number of carbonyl (C=O) groups excluding carboxylic acids is 2. The van der Waals surface area contributed by atoms with Crippen LogP contribution < -0.4 is 5.32 Å². The molecule has 0 saturated carbocycles. The van der Waals surface area contributed by atoms with Crippen molar-refractivity contribution in [2.24, 2.45) is 5.92 Å². The number of Topliss-reactive ketones (excluding diaryl/α,β-unsaturated/α-hetero) is 1. The fourth-order valence-corrected chi connectivity index (χ4v) is 1.39. The normalized spacial score (nSPS) is 10.3. The standard InChI is InChI=1S/C16H31NO6.C2H6/c1-4-16(19)17-5-6-20-7-8-21-9-10-22-11-12-23-13-15(18)14(2)3;1-2/h14H,4-13H2,1-3H3,(H,17,19);1-2H3. The third-order valence-corrected chi connectivity index (χ3v) is 2.89. The van der Waals surface area contributed by atoms with E-state index in [2.05, 4.69) is 5.32 Å². The van der Waals surface area contributed by atoms with Crippen molar-refractivity contribution in [1.29, 1.82) is 0 Å². The molecular formula is C18H37NO6. The van der Waals surface area contributed by atoms with Gasteiger partial charge in [0.2, 0.25) is 5.91 Å². The Balaban J connectivity index is 0. The van der Waals surface area contributed by atoms with Gasteiger partial charge in [0.25, 0.3) is 0 Å². The molecular weight excluding hydrogens is 326 g/mol. The first-order valence-corrected chi connectivity index (χ1v) is 9.18. The van der Waals surface area contributed by atoms with Gasteiger partial charge in [-0.3, -0.25) is 9.59 Å². The molecule has 0 spiro atoms. The monoisotopic (exact) mass is 363 g/mol. The lowest BCUT2D eigenvalue weighted by Gasteiger charge is -2.08. The van der Waals surface area contributed by atoms with Crippen LogP contribution in [0.2, 0.25) is 0 Å². The second-order valence-corrected chi connectivity index (χ2v) is 5.21. The van der Waals surface area contributed by atoms with Crippen LogP contribution in [0.1, 0.15) is 41.0 Å². The second kappa shape index (κ2) is 21.0. The minimum absolute atomic E-state index is 0.00875. The zero-order chi connectivity index (χ0) is 19.3. The van der Waals surface area contributed by atoms with Gasteiger partial charge in [-0.2, -0.15) is 0 Å². The number of ether oxygens (including phenoxy) is 4. The summed E-state index contributed by atoms with van der Waals surface area (Å²) < 4.78 is 21.1. The molecule has 7 heteroatoms. The third-order valence-electron chi connectivity index (χ3n) is 2.89. The van der Waals surface area contributed by atoms with E-state index in [9.17, 15) is 9.59 Å². The molecule has 0 heterocycles. The van der Waals surface area contributed by atoms with Crippen molar-refractivity contribution in [2.75, 3.05) is 59.4 Å². The minimum Gasteiger partial charge on any atom is -0.377 e. The number of carbonyl (C=O) groups is 2. The SMILES string of the molecule is CC.CCC(=O)NCCOCCOCCOCCOCC(=O)C(C)C. The van der Waals surface area contributed by atoms with E-state index in [1.807, 2.05) is 34.6 Å². The zero-order valence-electron chi connectivity index (χ0n) is 16.6. The topological polar surface area (TPSA) is 83.1 Å². The second-order valence-electron chi connectivity index (χ2n) is 5.21. The molecule has 0 rings (SSSR count). The molecule has 1 N–H and O–H groups in total. The van der Waals surface area contributed by atoms with E-state index in [-0.39, 0.29) is 24.2 Å². The Labute approximate surface area is 152 Å². The van der Waals surface area contributed by atoms with Gasteiger partial charge in [0.1, 0.15) is 6.61 Å². The number of hydrogen-bond donors (Lipinski definition) is 1. The molecule has 7 nitrogen and oxygen atoms in total. The van der Waals surface area contributed by atoms with Crippen molar-refractivity contribution in [3.63, 3.8) is 0 Å². The Hall–Kier alpha value is -1.02. The summed E-state index contributed by atoms with van der Waals surface area (Å²) in [6, 6.07) is 0. The van der Waals surface area contributed by atoms with Crippen LogP contribution in [0.3, 0.4) is 0 Å². The van der Waals surface area contributed by atoms with Crippen LogP contribution in [0, 0.1) is 5.92 Å². The van der Waals surface area contributed by atoms with E-state index in [0.717, 1.165) is 0 Å². The highest BCUT2D eigenvalue weighted by atomic mass is 16.6. The van der Waals surface area contributed by atoms with Crippen molar-refractivity contribution < 1.29 is 28.5 Å². The number of hydrogen-bond acceptors (Lipinski definition) is 6. The lowest BCUT2D eigenvalue weighted by atomic mass is 10.1. The van der Waals surface area contributed by atoms with E-state index in [4.69, 9.17) is 18.9 Å². The molecule has 0 aromatic heterocycles. The minimum atomic E-state index is 0.00875. The molecule has 0 saturated heterocycles. The molecule has 0 aliphatic carbocycles. The van der Waals surface area contributed by atoms with Gasteiger partial charge in [-0.15, -0.1) is 0 Å². The first-order chi connectivity index (χ1) is 12.1. The van der Waals surface area contributed by atoms with Crippen molar-refractivity contribution in [3.8, 4) is 0 Å². The molecule has 0 fully saturated rings. The first-order valence-electron chi connectivity index (χ1n) is 9.18. The number of amides is 1. The van der Waals surface area contributed by atoms with Gasteiger partial charge in [-0.05, 0) is 0 Å². The Morgan fingerprint density at radius 2 is 1.24 bits per heavy atom. The maximum absolute atomic E-state index is 11.3. The average molecular weight is 363 g/mol. The van der Waals surface area contributed by atoms with Crippen molar-refractivity contribution in [1.82, 2.24) is 5.32 Å². The Kier molecular flexibility index (Phi) is 22.0. The largest absolute Gasteiger partial charge is 0.377 e. The van der Waals surface area contributed by atoms with Gasteiger partial charge in [-0.1, -0.05) is 34.6 Å². The van der Waals surface area contributed by atoms with Gasteiger partial charge in [-0.25, -0.2) is 0 Å². The van der Waals surface area contributed by atoms with Gasteiger partial charge < -0.3 is 24.3 Å². The highest BCUT2D eigenvalue weighted by molar-refractivity contribution is 5.81. The van der Waals surface area contributed by atoms with Crippen LogP contribution in [0.4, 0.5) is 0 Å². The molecule has 0 aliphatic heterocycles. The summed E-state index contributed by atoms with van der Waals surface area (Å²) in [5.74, 6) is 0.136. The third kappa shape index (κ3) is 20.9. The van der Waals surface area contributed by atoms with Gasteiger partial charge in [0.15, 0.2) is 5.78 Å². The Bertz CT molecular complexity index is 310. The molecule has 0 radical (unpaired) electrons. The Morgan fingerprint density at radius 3 is 1.68 bits per heavy atom. The van der Waals surface area contributed by atoms with Gasteiger partial charge in [0, 0.05) is 18.9 Å². The number of ketones is 1. The van der Waals surface area contributed by atoms with Crippen LogP contribution in [0.5, 0.6) is 0 Å². The van der Waals surface area contributed by atoms with E-state index >= 15 is 0 Å². The molecule has 1 amide bonds. The summed E-state index contributed by atoms with van der Waals surface area (Å²) in [4.78, 5) is 22.2. The summed E-state index contributed by atoms with van der Waals surface area (Å²) >= 11 is 0. The zero-order valence-corrected chi connectivity index (χ0v) is 16.6. The number of nitrogens with one attached hydrogen (secondary N) is 1. The summed E-state index contributed by atoms with van der Waals surface area (Å²) in [6.45, 7) is 13.5. The molecule has 25 heavy (non-hydrogen) atoms. The van der Waals surface area contributed by atoms with Gasteiger partial charge in [0.05, 0.1) is 46.2 Å². The smallest absolute Gasteiger partial charge is 0.219 e. The van der Waals surface area contributed by atoms with E-state index in [1.54, 1.807) is 0 Å². The maximum atomic E-state index is 11.3. The van der Waals surface area contributed by atoms with E-state index in [0.29, 0.717) is 59.2 Å². The van der Waals surface area contributed by atoms with Gasteiger partial charge >= 0.3 is 0 Å². The van der Waals surface area contributed by atoms with Crippen LogP contribution >= 0.6 is 0 Å². The molecule has 0 unspecified atom stereocenters. The highest BCUT2D eigenvalue weighted by Crippen LogP contribution is 1.94. The van der Waals surface area contributed by atoms with Crippen molar-refractivity contribution in [3.05, 3.63) is 0 Å². The summed E-state index contributed by atoms with van der Waals surface area (Å²) in [6.07, 6.45) is 0.488. The molecule has 0 atom stereocenters. The van der Waals surface area contributed by atoms with E-state index < -0.39 is 0 Å². The molecule has 0 aromatic carbocycles. The van der Waals surface area contributed by atoms with Crippen LogP contribution in [0.25, 0.3) is 0 Å². The van der Waals surface area contributed by atoms with Crippen molar-refractivity contribution in [2.45, 2.75) is 41.0 Å². The maximum Gasteiger partial charge on any atom is 0.219 e. The van der Waals surface area contributed by atoms with Crippen LogP contribution in [0.15, 0.2) is 0 Å². The Morgan fingerprint density at radius 1 is 0.800 bits per heavy atom. The predicted molar refractivity (Wildman–Crippen MR) is 97.8 cm³/mol. The first kappa shape index (κ1) is 26.2. The lowest BCUT2D eigenvalue weighted by Crippen LogP contribution is -2.26. The summed E-state index contributed by atoms with van der Waals surface area (Å²) in [5, 5.41) is 2.72. The molecule has 0 aliphatic rings. The quantitative estimate of drug-likeness (QED) is 0.421. The van der Waals surface area contributed by atoms with E-state index in [1.165, 1.54) is 0 Å². The van der Waals surface area contributed by atoms with Crippen molar-refractivity contribution >= 4 is 11.7 Å².